The van der Waals surface area contributed by atoms with Gasteiger partial charge in [0.15, 0.2) is 0 Å². The highest BCUT2D eigenvalue weighted by Gasteiger charge is 2.29. The molecule has 1 saturated carbocycles. The maximum absolute atomic E-state index is 12.6. The first-order chi connectivity index (χ1) is 11.7. The van der Waals surface area contributed by atoms with Crippen LogP contribution in [0.5, 0.6) is 0 Å². The Morgan fingerprint density at radius 1 is 1.12 bits per heavy atom. The number of nitrogens with zero attached hydrogens (tertiary/aromatic N) is 1. The Labute approximate surface area is 143 Å². The van der Waals surface area contributed by atoms with Gasteiger partial charge in [-0.3, -0.25) is 9.59 Å². The fourth-order valence-corrected chi connectivity index (χ4v) is 3.35. The highest BCUT2D eigenvalue weighted by molar-refractivity contribution is 5.94. The van der Waals surface area contributed by atoms with Crippen LogP contribution in [0.25, 0.3) is 0 Å². The normalized spacial score (nSPS) is 20.7. The molecule has 2 amide bonds. The van der Waals surface area contributed by atoms with Gasteiger partial charge in [0, 0.05) is 30.8 Å². The number of hydrogen-bond acceptors (Lipinski definition) is 3. The molecule has 0 radical (unpaired) electrons. The topological polar surface area (TPSA) is 69.6 Å². The lowest BCUT2D eigenvalue weighted by molar-refractivity contribution is -0.134. The molecule has 1 unspecified atom stereocenters. The van der Waals surface area contributed by atoms with Gasteiger partial charge in [-0.25, -0.2) is 0 Å². The molecule has 2 fully saturated rings. The lowest BCUT2D eigenvalue weighted by Crippen LogP contribution is -2.44. The molecule has 2 aliphatic rings. The molecule has 5 heteroatoms. The summed E-state index contributed by atoms with van der Waals surface area (Å²) in [4.78, 5) is 26.3. The number of carbonyl (C=O) groups excluding carboxylic acids is 2. The molecule has 5 nitrogen and oxygen atoms in total. The number of aliphatic hydroxyl groups is 1. The maximum Gasteiger partial charge on any atom is 0.227 e. The molecule has 3 rings (SSSR count). The van der Waals surface area contributed by atoms with E-state index in [2.05, 4.69) is 5.32 Å². The Bertz CT molecular complexity index is 579. The number of hydrogen-bond donors (Lipinski definition) is 2. The molecule has 1 saturated heterocycles. The van der Waals surface area contributed by atoms with Crippen molar-refractivity contribution in [3.05, 3.63) is 29.8 Å². The number of rotatable bonds is 6. The SMILES string of the molecule is O=C(Nc1ccc(CC(=O)N2CCCCC2CCO)cc1)C1CC1. The Morgan fingerprint density at radius 3 is 2.54 bits per heavy atom. The monoisotopic (exact) mass is 330 g/mol. The van der Waals surface area contributed by atoms with Crippen LogP contribution in [0, 0.1) is 5.92 Å². The van der Waals surface area contributed by atoms with Gasteiger partial charge in [0.05, 0.1) is 6.42 Å². The van der Waals surface area contributed by atoms with E-state index in [4.69, 9.17) is 0 Å². The molecular formula is C19H26N2O3. The van der Waals surface area contributed by atoms with Crippen molar-refractivity contribution in [1.82, 2.24) is 4.90 Å². The summed E-state index contributed by atoms with van der Waals surface area (Å²) in [5.41, 5.74) is 1.75. The van der Waals surface area contributed by atoms with Crippen molar-refractivity contribution in [2.75, 3.05) is 18.5 Å². The van der Waals surface area contributed by atoms with Gasteiger partial charge in [0.2, 0.25) is 11.8 Å². The quantitative estimate of drug-likeness (QED) is 0.841. The third-order valence-corrected chi connectivity index (χ3v) is 4.93. The fraction of sp³-hybridized carbons (Fsp3) is 0.579. The van der Waals surface area contributed by atoms with Crippen molar-refractivity contribution in [2.24, 2.45) is 5.92 Å². The van der Waals surface area contributed by atoms with Crippen LogP contribution in [0.3, 0.4) is 0 Å². The summed E-state index contributed by atoms with van der Waals surface area (Å²) >= 11 is 0. The summed E-state index contributed by atoms with van der Waals surface area (Å²) in [6, 6.07) is 7.72. The van der Waals surface area contributed by atoms with Crippen LogP contribution in [-0.4, -0.2) is 41.0 Å². The van der Waals surface area contributed by atoms with Crippen LogP contribution in [0.1, 0.15) is 44.1 Å². The largest absolute Gasteiger partial charge is 0.396 e. The number of piperidine rings is 1. The van der Waals surface area contributed by atoms with Crippen LogP contribution in [0.15, 0.2) is 24.3 Å². The van der Waals surface area contributed by atoms with Crippen molar-refractivity contribution >= 4 is 17.5 Å². The minimum atomic E-state index is 0.0963. The van der Waals surface area contributed by atoms with Gasteiger partial charge in [-0.1, -0.05) is 12.1 Å². The Morgan fingerprint density at radius 2 is 1.88 bits per heavy atom. The van der Waals surface area contributed by atoms with Gasteiger partial charge in [0.25, 0.3) is 0 Å². The Kier molecular flexibility index (Phi) is 5.51. The van der Waals surface area contributed by atoms with Crippen molar-refractivity contribution in [1.29, 1.82) is 0 Å². The fourth-order valence-electron chi connectivity index (χ4n) is 3.35. The van der Waals surface area contributed by atoms with E-state index in [-0.39, 0.29) is 30.4 Å². The zero-order valence-electron chi connectivity index (χ0n) is 14.0. The van der Waals surface area contributed by atoms with E-state index in [1.54, 1.807) is 0 Å². The lowest BCUT2D eigenvalue weighted by Gasteiger charge is -2.35. The van der Waals surface area contributed by atoms with E-state index >= 15 is 0 Å². The lowest BCUT2D eigenvalue weighted by atomic mass is 9.98. The van der Waals surface area contributed by atoms with E-state index < -0.39 is 0 Å². The first-order valence-electron chi connectivity index (χ1n) is 8.97. The van der Waals surface area contributed by atoms with Crippen LogP contribution >= 0.6 is 0 Å². The predicted molar refractivity (Wildman–Crippen MR) is 92.6 cm³/mol. The molecular weight excluding hydrogens is 304 g/mol. The second kappa shape index (κ2) is 7.79. The summed E-state index contributed by atoms with van der Waals surface area (Å²) in [5, 5.41) is 12.1. The molecule has 0 aromatic heterocycles. The van der Waals surface area contributed by atoms with Crippen LogP contribution in [0.4, 0.5) is 5.69 Å². The third-order valence-electron chi connectivity index (χ3n) is 4.93. The zero-order chi connectivity index (χ0) is 16.9. The number of anilines is 1. The second-order valence-corrected chi connectivity index (χ2v) is 6.89. The summed E-state index contributed by atoms with van der Waals surface area (Å²) in [6.45, 7) is 0.920. The highest BCUT2D eigenvalue weighted by Crippen LogP contribution is 2.30. The smallest absolute Gasteiger partial charge is 0.227 e. The van der Waals surface area contributed by atoms with E-state index in [0.29, 0.717) is 12.8 Å². The molecule has 0 spiro atoms. The summed E-state index contributed by atoms with van der Waals surface area (Å²) in [7, 11) is 0. The minimum absolute atomic E-state index is 0.0963. The first-order valence-corrected chi connectivity index (χ1v) is 8.97. The summed E-state index contributed by atoms with van der Waals surface area (Å²) < 4.78 is 0. The molecule has 1 aliphatic carbocycles. The molecule has 1 aliphatic heterocycles. The molecule has 1 atom stereocenters. The average molecular weight is 330 g/mol. The van der Waals surface area contributed by atoms with Crippen LogP contribution < -0.4 is 5.32 Å². The number of carbonyl (C=O) groups is 2. The molecule has 0 bridgehead atoms. The van der Waals surface area contributed by atoms with Crippen molar-refractivity contribution in [3.63, 3.8) is 0 Å². The summed E-state index contributed by atoms with van der Waals surface area (Å²) in [6.07, 6.45) is 6.17. The van der Waals surface area contributed by atoms with E-state index in [9.17, 15) is 14.7 Å². The van der Waals surface area contributed by atoms with Gasteiger partial charge < -0.3 is 15.3 Å². The Balaban J connectivity index is 1.56. The second-order valence-electron chi connectivity index (χ2n) is 6.89. The molecule has 2 N–H and O–H groups in total. The van der Waals surface area contributed by atoms with Crippen molar-refractivity contribution < 1.29 is 14.7 Å². The standard InChI is InChI=1S/C19H26N2O3/c22-12-10-17-3-1-2-11-21(17)18(23)13-14-4-8-16(9-5-14)20-19(24)15-6-7-15/h4-5,8-9,15,17,22H,1-3,6-7,10-13H2,(H,20,24). The third kappa shape index (κ3) is 4.35. The van der Waals surface area contributed by atoms with Crippen LogP contribution in [0.2, 0.25) is 0 Å². The molecule has 24 heavy (non-hydrogen) atoms. The van der Waals surface area contributed by atoms with Gasteiger partial charge in [-0.15, -0.1) is 0 Å². The van der Waals surface area contributed by atoms with Crippen molar-refractivity contribution in [3.8, 4) is 0 Å². The van der Waals surface area contributed by atoms with Crippen molar-refractivity contribution in [2.45, 2.75) is 51.0 Å². The zero-order valence-corrected chi connectivity index (χ0v) is 14.0. The molecule has 1 aromatic rings. The number of aliphatic hydroxyl groups excluding tert-OH is 1. The number of benzene rings is 1. The molecule has 130 valence electrons. The van der Waals surface area contributed by atoms with Crippen LogP contribution in [-0.2, 0) is 16.0 Å². The molecule has 1 aromatic carbocycles. The number of likely N-dealkylation sites (tertiary alicyclic amines) is 1. The average Bonchev–Trinajstić information content (AvgIpc) is 3.42. The summed E-state index contributed by atoms with van der Waals surface area (Å²) in [5.74, 6) is 0.413. The highest BCUT2D eigenvalue weighted by atomic mass is 16.3. The number of nitrogens with one attached hydrogen (secondary N) is 1. The van der Waals surface area contributed by atoms with Gasteiger partial charge in [0.1, 0.15) is 0 Å². The first kappa shape index (κ1) is 17.0. The molecule has 1 heterocycles. The van der Waals surface area contributed by atoms with Gasteiger partial charge in [-0.2, -0.15) is 0 Å². The van der Waals surface area contributed by atoms with Gasteiger partial charge in [-0.05, 0) is 56.2 Å². The Hall–Kier alpha value is -1.88. The maximum atomic E-state index is 12.6. The number of amides is 2. The minimum Gasteiger partial charge on any atom is -0.396 e. The van der Waals surface area contributed by atoms with Gasteiger partial charge >= 0.3 is 0 Å². The van der Waals surface area contributed by atoms with E-state index in [0.717, 1.165) is 49.9 Å². The van der Waals surface area contributed by atoms with E-state index in [1.807, 2.05) is 29.2 Å². The predicted octanol–water partition coefficient (Wildman–Crippen LogP) is 2.34. The van der Waals surface area contributed by atoms with E-state index in [1.165, 1.54) is 0 Å².